The Balaban J connectivity index is 1.92. The van der Waals surface area contributed by atoms with Crippen molar-refractivity contribution in [1.29, 1.82) is 0 Å². The summed E-state index contributed by atoms with van der Waals surface area (Å²) in [6, 6.07) is 7.65. The Kier molecular flexibility index (Phi) is 5.46. The van der Waals surface area contributed by atoms with Gasteiger partial charge in [0.15, 0.2) is 0 Å². The molecule has 1 amide bonds. The first-order chi connectivity index (χ1) is 9.69. The lowest BCUT2D eigenvalue weighted by Gasteiger charge is -2.20. The smallest absolute Gasteiger partial charge is 0.240 e. The van der Waals surface area contributed by atoms with Gasteiger partial charge in [-0.25, -0.2) is 0 Å². The highest BCUT2D eigenvalue weighted by molar-refractivity contribution is 7.13. The minimum absolute atomic E-state index is 0.101. The van der Waals surface area contributed by atoms with E-state index in [4.69, 9.17) is 11.6 Å². The molecule has 5 nitrogen and oxygen atoms in total. The Hall–Kier alpha value is -1.50. The average Bonchev–Trinajstić information content (AvgIpc) is 2.93. The summed E-state index contributed by atoms with van der Waals surface area (Å²) in [5, 5.41) is 11.4. The number of carbonyl (C=O) groups is 1. The first-order valence-corrected chi connectivity index (χ1v) is 7.46. The summed E-state index contributed by atoms with van der Waals surface area (Å²) in [5.41, 5.74) is 2.59. The fourth-order valence-electron chi connectivity index (χ4n) is 1.74. The van der Waals surface area contributed by atoms with Gasteiger partial charge in [-0.05, 0) is 18.2 Å². The van der Waals surface area contributed by atoms with Crippen LogP contribution in [0.3, 0.4) is 0 Å². The predicted octanol–water partition coefficient (Wildman–Crippen LogP) is 2.65. The summed E-state index contributed by atoms with van der Waals surface area (Å²) in [7, 11) is 0. The van der Waals surface area contributed by atoms with E-state index in [1.165, 1.54) is 11.3 Å². The number of nitrogens with zero attached hydrogens (tertiary/aromatic N) is 3. The van der Waals surface area contributed by atoms with Crippen LogP contribution in [0.4, 0.5) is 5.13 Å². The van der Waals surface area contributed by atoms with Gasteiger partial charge in [0.05, 0.1) is 6.54 Å². The van der Waals surface area contributed by atoms with Crippen LogP contribution in [0.5, 0.6) is 0 Å². The van der Waals surface area contributed by atoms with Crippen LogP contribution in [0.2, 0.25) is 5.02 Å². The lowest BCUT2D eigenvalue weighted by Crippen LogP contribution is -2.32. The molecule has 0 aliphatic rings. The first-order valence-electron chi connectivity index (χ1n) is 6.20. The van der Waals surface area contributed by atoms with Crippen molar-refractivity contribution in [3.05, 3.63) is 40.4 Å². The second-order valence-corrected chi connectivity index (χ2v) is 5.43. The van der Waals surface area contributed by atoms with Gasteiger partial charge in [0, 0.05) is 11.6 Å². The van der Waals surface area contributed by atoms with Gasteiger partial charge in [-0.1, -0.05) is 48.1 Å². The van der Waals surface area contributed by atoms with Crippen molar-refractivity contribution in [2.75, 3.05) is 18.4 Å². The second-order valence-electron chi connectivity index (χ2n) is 4.19. The minimum Gasteiger partial charge on any atom is -0.299 e. The summed E-state index contributed by atoms with van der Waals surface area (Å²) in [6.45, 7) is 3.70. The van der Waals surface area contributed by atoms with Gasteiger partial charge in [0.1, 0.15) is 5.51 Å². The van der Waals surface area contributed by atoms with Crippen molar-refractivity contribution >= 4 is 34.0 Å². The molecular formula is C13H15ClN4OS. The zero-order chi connectivity index (χ0) is 14.4. The van der Waals surface area contributed by atoms with Crippen molar-refractivity contribution < 1.29 is 4.79 Å². The molecule has 0 unspecified atom stereocenters. The van der Waals surface area contributed by atoms with Gasteiger partial charge in [0.2, 0.25) is 11.0 Å². The summed E-state index contributed by atoms with van der Waals surface area (Å²) in [4.78, 5) is 13.9. The number of rotatable bonds is 6. The Morgan fingerprint density at radius 3 is 2.90 bits per heavy atom. The number of anilines is 1. The maximum Gasteiger partial charge on any atom is 0.240 e. The van der Waals surface area contributed by atoms with E-state index in [2.05, 4.69) is 15.5 Å². The van der Waals surface area contributed by atoms with E-state index in [1.807, 2.05) is 36.1 Å². The Bertz CT molecular complexity index is 561. The zero-order valence-corrected chi connectivity index (χ0v) is 12.6. The van der Waals surface area contributed by atoms with E-state index in [1.54, 1.807) is 5.51 Å². The number of nitrogens with one attached hydrogen (secondary N) is 1. The fourth-order valence-corrected chi connectivity index (χ4v) is 2.39. The molecule has 7 heteroatoms. The molecule has 1 heterocycles. The molecule has 0 saturated carbocycles. The van der Waals surface area contributed by atoms with Gasteiger partial charge >= 0.3 is 0 Å². The van der Waals surface area contributed by atoms with Gasteiger partial charge in [-0.2, -0.15) is 0 Å². The zero-order valence-electron chi connectivity index (χ0n) is 11.0. The molecule has 1 aromatic carbocycles. The summed E-state index contributed by atoms with van der Waals surface area (Å²) < 4.78 is 0. The molecular weight excluding hydrogens is 296 g/mol. The maximum atomic E-state index is 11.9. The monoisotopic (exact) mass is 310 g/mol. The SMILES string of the molecule is CCN(CC(=O)Nc1nncs1)Cc1ccccc1Cl. The number of halogens is 1. The Morgan fingerprint density at radius 1 is 1.45 bits per heavy atom. The number of hydrogen-bond acceptors (Lipinski definition) is 5. The first kappa shape index (κ1) is 14.9. The molecule has 0 bridgehead atoms. The van der Waals surface area contributed by atoms with E-state index >= 15 is 0 Å². The normalized spacial score (nSPS) is 10.8. The largest absolute Gasteiger partial charge is 0.299 e. The molecule has 106 valence electrons. The molecule has 0 saturated heterocycles. The third kappa shape index (κ3) is 4.26. The van der Waals surface area contributed by atoms with Crippen molar-refractivity contribution in [2.45, 2.75) is 13.5 Å². The van der Waals surface area contributed by atoms with Crippen LogP contribution in [0.25, 0.3) is 0 Å². The van der Waals surface area contributed by atoms with Crippen LogP contribution in [-0.4, -0.2) is 34.1 Å². The van der Waals surface area contributed by atoms with Crippen LogP contribution in [0, 0.1) is 0 Å². The second kappa shape index (κ2) is 7.33. The fraction of sp³-hybridized carbons (Fsp3) is 0.308. The number of carbonyl (C=O) groups excluding carboxylic acids is 1. The molecule has 0 fully saturated rings. The molecule has 0 aliphatic carbocycles. The minimum atomic E-state index is -0.101. The summed E-state index contributed by atoms with van der Waals surface area (Å²) in [5.74, 6) is -0.101. The van der Waals surface area contributed by atoms with Crippen LogP contribution < -0.4 is 5.32 Å². The highest BCUT2D eigenvalue weighted by atomic mass is 35.5. The van der Waals surface area contributed by atoms with Crippen molar-refractivity contribution in [3.63, 3.8) is 0 Å². The number of amides is 1. The van der Waals surface area contributed by atoms with Gasteiger partial charge in [-0.3, -0.25) is 15.0 Å². The Morgan fingerprint density at radius 2 is 2.25 bits per heavy atom. The number of likely N-dealkylation sites (N-methyl/N-ethyl adjacent to an activating group) is 1. The summed E-state index contributed by atoms with van der Waals surface area (Å²) in [6.07, 6.45) is 0. The molecule has 0 radical (unpaired) electrons. The van der Waals surface area contributed by atoms with E-state index in [9.17, 15) is 4.79 Å². The van der Waals surface area contributed by atoms with E-state index in [0.29, 0.717) is 18.2 Å². The summed E-state index contributed by atoms with van der Waals surface area (Å²) >= 11 is 7.43. The highest BCUT2D eigenvalue weighted by Gasteiger charge is 2.12. The average molecular weight is 311 g/mol. The number of hydrogen-bond donors (Lipinski definition) is 1. The third-order valence-electron chi connectivity index (χ3n) is 2.77. The predicted molar refractivity (Wildman–Crippen MR) is 80.9 cm³/mol. The Labute approximate surface area is 126 Å². The molecule has 2 aromatic rings. The quantitative estimate of drug-likeness (QED) is 0.891. The van der Waals surface area contributed by atoms with Gasteiger partial charge in [-0.15, -0.1) is 10.2 Å². The highest BCUT2D eigenvalue weighted by Crippen LogP contribution is 2.17. The van der Waals surface area contributed by atoms with Crippen LogP contribution in [0.1, 0.15) is 12.5 Å². The number of aromatic nitrogens is 2. The lowest BCUT2D eigenvalue weighted by atomic mass is 10.2. The van der Waals surface area contributed by atoms with Crippen molar-refractivity contribution in [2.24, 2.45) is 0 Å². The van der Waals surface area contributed by atoms with E-state index in [-0.39, 0.29) is 5.91 Å². The lowest BCUT2D eigenvalue weighted by molar-refractivity contribution is -0.117. The molecule has 0 spiro atoms. The molecule has 20 heavy (non-hydrogen) atoms. The topological polar surface area (TPSA) is 58.1 Å². The molecule has 0 atom stereocenters. The van der Waals surface area contributed by atoms with Gasteiger partial charge < -0.3 is 0 Å². The molecule has 0 aliphatic heterocycles. The van der Waals surface area contributed by atoms with E-state index in [0.717, 1.165) is 17.1 Å². The molecule has 2 rings (SSSR count). The van der Waals surface area contributed by atoms with Gasteiger partial charge in [0.25, 0.3) is 0 Å². The van der Waals surface area contributed by atoms with E-state index < -0.39 is 0 Å². The molecule has 1 aromatic heterocycles. The third-order valence-corrected chi connectivity index (χ3v) is 3.75. The van der Waals surface area contributed by atoms with Crippen molar-refractivity contribution in [1.82, 2.24) is 15.1 Å². The number of benzene rings is 1. The standard InChI is InChI=1S/C13H15ClN4OS/c1-2-18(7-10-5-3-4-6-11(10)14)8-12(19)16-13-17-15-9-20-13/h3-6,9H,2,7-8H2,1H3,(H,16,17,19). The van der Waals surface area contributed by atoms with Crippen LogP contribution >= 0.6 is 22.9 Å². The molecule has 1 N–H and O–H groups in total. The van der Waals surface area contributed by atoms with Crippen LogP contribution in [0.15, 0.2) is 29.8 Å². The maximum absolute atomic E-state index is 11.9. The van der Waals surface area contributed by atoms with Crippen LogP contribution in [-0.2, 0) is 11.3 Å². The van der Waals surface area contributed by atoms with Crippen molar-refractivity contribution in [3.8, 4) is 0 Å².